The van der Waals surface area contributed by atoms with Crippen molar-refractivity contribution in [1.82, 2.24) is 14.3 Å². The van der Waals surface area contributed by atoms with Crippen molar-refractivity contribution in [1.29, 1.82) is 0 Å². The van der Waals surface area contributed by atoms with E-state index in [9.17, 15) is 5.11 Å². The van der Waals surface area contributed by atoms with E-state index in [0.717, 1.165) is 34.4 Å². The van der Waals surface area contributed by atoms with Gasteiger partial charge in [0, 0.05) is 37.2 Å². The Bertz CT molecular complexity index is 875. The van der Waals surface area contributed by atoms with Gasteiger partial charge < -0.3 is 15.3 Å². The van der Waals surface area contributed by atoms with Gasteiger partial charge in [0.15, 0.2) is 0 Å². The number of rotatable bonds is 5. The number of para-hydroxylation sites is 1. The zero-order valence-electron chi connectivity index (χ0n) is 14.3. The minimum atomic E-state index is -0.200. The maximum absolute atomic E-state index is 9.75. The lowest BCUT2D eigenvalue weighted by Crippen LogP contribution is -2.36. The molecule has 2 aromatic heterocycles. The Morgan fingerprint density at radius 2 is 2.08 bits per heavy atom. The lowest BCUT2D eigenvalue weighted by atomic mass is 9.75. The maximum Gasteiger partial charge on any atom is 0.238 e. The van der Waals surface area contributed by atoms with Crippen molar-refractivity contribution in [3.8, 4) is 0 Å². The van der Waals surface area contributed by atoms with E-state index in [1.165, 1.54) is 11.5 Å². The van der Waals surface area contributed by atoms with Crippen LogP contribution in [0.5, 0.6) is 0 Å². The van der Waals surface area contributed by atoms with E-state index in [4.69, 9.17) is 0 Å². The maximum atomic E-state index is 9.75. The number of pyridine rings is 1. The number of fused-ring (bicyclic) bond motifs is 1. The van der Waals surface area contributed by atoms with Crippen molar-refractivity contribution in [3.63, 3.8) is 0 Å². The third-order valence-corrected chi connectivity index (χ3v) is 5.32. The molecule has 0 saturated heterocycles. The van der Waals surface area contributed by atoms with Crippen LogP contribution in [0.25, 0.3) is 10.9 Å². The Morgan fingerprint density at radius 3 is 2.80 bits per heavy atom. The van der Waals surface area contributed by atoms with E-state index in [0.29, 0.717) is 11.9 Å². The summed E-state index contributed by atoms with van der Waals surface area (Å²) in [6.07, 6.45) is 3.32. The number of anilines is 2. The smallest absolute Gasteiger partial charge is 0.238 e. The van der Waals surface area contributed by atoms with Crippen molar-refractivity contribution >= 4 is 33.5 Å². The molecular weight excluding hydrogens is 334 g/mol. The van der Waals surface area contributed by atoms with Gasteiger partial charge in [0.25, 0.3) is 0 Å². The summed E-state index contributed by atoms with van der Waals surface area (Å²) in [5.41, 5.74) is 2.11. The molecule has 0 radical (unpaired) electrons. The van der Waals surface area contributed by atoms with Crippen molar-refractivity contribution in [2.75, 3.05) is 24.3 Å². The molecule has 2 heterocycles. The zero-order chi connectivity index (χ0) is 17.4. The molecule has 0 bridgehead atoms. The van der Waals surface area contributed by atoms with Gasteiger partial charge in [-0.25, -0.2) is 0 Å². The molecule has 7 heteroatoms. The van der Waals surface area contributed by atoms with E-state index >= 15 is 0 Å². The molecule has 3 aromatic rings. The van der Waals surface area contributed by atoms with Crippen molar-refractivity contribution in [3.05, 3.63) is 42.1 Å². The molecule has 2 N–H and O–H groups in total. The molecule has 1 aliphatic carbocycles. The quantitative estimate of drug-likeness (QED) is 0.733. The van der Waals surface area contributed by atoms with Crippen LogP contribution in [0.3, 0.4) is 0 Å². The Kier molecular flexibility index (Phi) is 4.27. The lowest BCUT2D eigenvalue weighted by molar-refractivity contribution is 0.0339. The summed E-state index contributed by atoms with van der Waals surface area (Å²) in [6.45, 7) is 0. The van der Waals surface area contributed by atoms with E-state index in [2.05, 4.69) is 31.8 Å². The van der Waals surface area contributed by atoms with Gasteiger partial charge in [-0.1, -0.05) is 18.2 Å². The fourth-order valence-corrected chi connectivity index (χ4v) is 3.90. The van der Waals surface area contributed by atoms with E-state index in [1.807, 2.05) is 43.4 Å². The third-order valence-electron chi connectivity index (χ3n) is 4.69. The number of aliphatic hydroxyl groups excluding tert-OH is 1. The van der Waals surface area contributed by atoms with E-state index in [1.54, 1.807) is 0 Å². The van der Waals surface area contributed by atoms with Crippen molar-refractivity contribution in [2.24, 2.45) is 5.92 Å². The van der Waals surface area contributed by atoms with Crippen LogP contribution in [0.1, 0.15) is 24.4 Å². The molecule has 0 aliphatic heterocycles. The highest BCUT2D eigenvalue weighted by molar-refractivity contribution is 7.09. The third kappa shape index (κ3) is 3.29. The highest BCUT2D eigenvalue weighted by atomic mass is 32.1. The Hall–Kier alpha value is -2.25. The molecule has 1 fully saturated rings. The van der Waals surface area contributed by atoms with Crippen LogP contribution < -0.4 is 10.2 Å². The topological polar surface area (TPSA) is 74.2 Å². The summed E-state index contributed by atoms with van der Waals surface area (Å²) >= 11 is 1.36. The first-order valence-corrected chi connectivity index (χ1v) is 9.18. The number of hydrogen-bond donors (Lipinski definition) is 2. The summed E-state index contributed by atoms with van der Waals surface area (Å²) in [6, 6.07) is 10.4. The first kappa shape index (κ1) is 16.2. The molecular formula is C18H21N5OS. The zero-order valence-corrected chi connectivity index (χ0v) is 15.1. The van der Waals surface area contributed by atoms with Crippen LogP contribution in [0, 0.1) is 5.92 Å². The van der Waals surface area contributed by atoms with Crippen LogP contribution in [-0.4, -0.2) is 39.6 Å². The molecule has 1 aromatic carbocycles. The summed E-state index contributed by atoms with van der Waals surface area (Å²) in [4.78, 5) is 11.0. The van der Waals surface area contributed by atoms with Gasteiger partial charge in [-0.3, -0.25) is 4.98 Å². The summed E-state index contributed by atoms with van der Waals surface area (Å²) in [7, 11) is 3.86. The molecule has 1 aliphatic rings. The molecule has 1 atom stereocenters. The second kappa shape index (κ2) is 6.57. The van der Waals surface area contributed by atoms with Crippen molar-refractivity contribution < 1.29 is 5.11 Å². The molecule has 0 amide bonds. The molecule has 1 unspecified atom stereocenters. The second-order valence-corrected chi connectivity index (χ2v) is 7.51. The lowest BCUT2D eigenvalue weighted by Gasteiger charge is -2.38. The van der Waals surface area contributed by atoms with Gasteiger partial charge in [-0.15, -0.1) is 0 Å². The van der Waals surface area contributed by atoms with Crippen LogP contribution >= 0.6 is 11.5 Å². The molecule has 25 heavy (non-hydrogen) atoms. The van der Waals surface area contributed by atoms with E-state index < -0.39 is 0 Å². The fourth-order valence-electron chi connectivity index (χ4n) is 3.22. The molecule has 0 spiro atoms. The predicted molar refractivity (Wildman–Crippen MR) is 101 cm³/mol. The average Bonchev–Trinajstić information content (AvgIpc) is 3.06. The number of benzene rings is 1. The first-order valence-electron chi connectivity index (χ1n) is 8.40. The van der Waals surface area contributed by atoms with Crippen LogP contribution in [-0.2, 0) is 0 Å². The van der Waals surface area contributed by atoms with Gasteiger partial charge in [0.1, 0.15) is 0 Å². The van der Waals surface area contributed by atoms with Gasteiger partial charge in [0.05, 0.1) is 17.7 Å². The Balaban J connectivity index is 1.64. The largest absolute Gasteiger partial charge is 0.393 e. The average molecular weight is 355 g/mol. The molecule has 6 nitrogen and oxygen atoms in total. The highest BCUT2D eigenvalue weighted by Crippen LogP contribution is 2.40. The highest BCUT2D eigenvalue weighted by Gasteiger charge is 2.35. The summed E-state index contributed by atoms with van der Waals surface area (Å²) < 4.78 is 4.36. The van der Waals surface area contributed by atoms with Crippen molar-refractivity contribution in [2.45, 2.75) is 25.0 Å². The van der Waals surface area contributed by atoms with Gasteiger partial charge >= 0.3 is 0 Å². The minimum Gasteiger partial charge on any atom is -0.393 e. The van der Waals surface area contributed by atoms with Gasteiger partial charge in [-0.2, -0.15) is 9.36 Å². The number of aromatic nitrogens is 3. The predicted octanol–water partition coefficient (Wildman–Crippen LogP) is 3.08. The van der Waals surface area contributed by atoms with Gasteiger partial charge in [0.2, 0.25) is 11.1 Å². The minimum absolute atomic E-state index is 0.0727. The summed E-state index contributed by atoms with van der Waals surface area (Å²) in [5, 5.41) is 15.2. The second-order valence-electron chi connectivity index (χ2n) is 6.76. The number of nitrogens with one attached hydrogen (secondary N) is 1. The SMILES string of the molecule is CN(C)c1nsc(NC(c2cnc3ccccc3c2)C2CC(O)C2)n1. The normalized spacial score (nSPS) is 20.9. The Morgan fingerprint density at radius 1 is 1.28 bits per heavy atom. The Labute approximate surface area is 150 Å². The molecule has 130 valence electrons. The first-order chi connectivity index (χ1) is 12.1. The van der Waals surface area contributed by atoms with Crippen LogP contribution in [0.15, 0.2) is 36.5 Å². The number of nitrogens with zero attached hydrogens (tertiary/aromatic N) is 4. The fraction of sp³-hybridized carbons (Fsp3) is 0.389. The van der Waals surface area contributed by atoms with E-state index in [-0.39, 0.29) is 12.1 Å². The summed E-state index contributed by atoms with van der Waals surface area (Å²) in [5.74, 6) is 1.07. The molecule has 4 rings (SSSR count). The van der Waals surface area contributed by atoms with Gasteiger partial charge in [-0.05, 0) is 36.5 Å². The number of hydrogen-bond acceptors (Lipinski definition) is 7. The molecule has 1 saturated carbocycles. The monoisotopic (exact) mass is 355 g/mol. The number of aliphatic hydroxyl groups is 1. The van der Waals surface area contributed by atoms with Crippen LogP contribution in [0.4, 0.5) is 11.1 Å². The van der Waals surface area contributed by atoms with Crippen LogP contribution in [0.2, 0.25) is 0 Å². The standard InChI is InChI=1S/C18H21N5OS/c1-23(2)17-21-18(25-22-17)20-16(12-8-14(24)9-12)13-7-11-5-3-4-6-15(11)19-10-13/h3-7,10,12,14,16,24H,8-9H2,1-2H3,(H,20,21,22).